The summed E-state index contributed by atoms with van der Waals surface area (Å²) in [5.74, 6) is -1.45. The highest BCUT2D eigenvalue weighted by Crippen LogP contribution is 2.51. The van der Waals surface area contributed by atoms with Gasteiger partial charge in [0.2, 0.25) is 0 Å². The Kier molecular flexibility index (Phi) is 7.97. The molecule has 8 heteroatoms. The molecule has 0 aliphatic heterocycles. The smallest absolute Gasteiger partial charge is 0.200 e. The maximum atomic E-state index is 14.0. The molecule has 1 aromatic carbocycles. The zero-order chi connectivity index (χ0) is 25.5. The first-order chi connectivity index (χ1) is 15.9. The molecule has 0 radical (unpaired) electrons. The van der Waals surface area contributed by atoms with Gasteiger partial charge in [0.1, 0.15) is 11.0 Å². The third-order valence-electron chi connectivity index (χ3n) is 8.33. The highest BCUT2D eigenvalue weighted by molar-refractivity contribution is 7.92. The lowest BCUT2D eigenvalue weighted by molar-refractivity contribution is -0.164. The average molecular weight is 509 g/mol. The molecular formula is C26H40O6SSi. The second-order valence-corrected chi connectivity index (χ2v) is 18.5. The van der Waals surface area contributed by atoms with Gasteiger partial charge in [-0.15, -0.1) is 0 Å². The lowest BCUT2D eigenvalue weighted by Crippen LogP contribution is -2.64. The third-order valence-corrected chi connectivity index (χ3v) is 16.6. The number of benzene rings is 1. The molecule has 2 unspecified atom stereocenters. The minimum atomic E-state index is -3.97. The number of carbonyl (C=O) groups is 2. The van der Waals surface area contributed by atoms with Crippen LogP contribution in [0.4, 0.5) is 0 Å². The molecule has 2 fully saturated rings. The van der Waals surface area contributed by atoms with E-state index in [0.717, 1.165) is 0 Å². The summed E-state index contributed by atoms with van der Waals surface area (Å²) >= 11 is 0. The number of Topliss-reactive ketones (excluding diaryl/α,β-unsaturated/α-hetero) is 2. The zero-order valence-corrected chi connectivity index (χ0v) is 23.4. The standard InChI is InChI=1S/C26H40O6SSi/c1-17(2)34(18(3)4,19(5)6)32-16-26-15-22(27)24(21(25(26)28)13-14-23(26)31-7)33(29,30)20-11-9-8-10-12-20/h8-12,17-19,21,23-24H,13-16H2,1-7H3/t21-,23?,24?,26+/m0/s1. The number of ether oxygens (including phenoxy) is 1. The van der Waals surface area contributed by atoms with Gasteiger partial charge in [-0.05, 0) is 41.6 Å². The Morgan fingerprint density at radius 3 is 2.03 bits per heavy atom. The van der Waals surface area contributed by atoms with Gasteiger partial charge in [-0.3, -0.25) is 9.59 Å². The molecule has 3 rings (SSSR count). The molecule has 0 aromatic heterocycles. The molecule has 2 aliphatic rings. The molecule has 0 heterocycles. The molecule has 1 aromatic rings. The van der Waals surface area contributed by atoms with Gasteiger partial charge >= 0.3 is 0 Å². The largest absolute Gasteiger partial charge is 0.415 e. The van der Waals surface area contributed by atoms with Crippen LogP contribution in [0, 0.1) is 11.3 Å². The van der Waals surface area contributed by atoms with Gasteiger partial charge < -0.3 is 9.16 Å². The van der Waals surface area contributed by atoms with Crippen molar-refractivity contribution in [2.24, 2.45) is 11.3 Å². The van der Waals surface area contributed by atoms with E-state index in [9.17, 15) is 18.0 Å². The fourth-order valence-corrected chi connectivity index (χ4v) is 14.3. The van der Waals surface area contributed by atoms with E-state index in [1.165, 1.54) is 12.1 Å². The fraction of sp³-hybridized carbons (Fsp3) is 0.692. The number of fused-ring (bicyclic) bond motifs is 2. The Balaban J connectivity index is 2.02. The van der Waals surface area contributed by atoms with Crippen molar-refractivity contribution < 1.29 is 27.2 Å². The second-order valence-electron chi connectivity index (χ2n) is 11.0. The zero-order valence-electron chi connectivity index (χ0n) is 21.5. The first-order valence-corrected chi connectivity index (χ1v) is 16.1. The van der Waals surface area contributed by atoms with Crippen molar-refractivity contribution in [1.29, 1.82) is 0 Å². The van der Waals surface area contributed by atoms with Gasteiger partial charge in [0.05, 0.1) is 16.4 Å². The van der Waals surface area contributed by atoms with E-state index in [2.05, 4.69) is 41.5 Å². The van der Waals surface area contributed by atoms with Crippen LogP contribution in [-0.2, 0) is 28.6 Å². The van der Waals surface area contributed by atoms with E-state index in [-0.39, 0.29) is 23.7 Å². The molecule has 2 bridgehead atoms. The van der Waals surface area contributed by atoms with Crippen molar-refractivity contribution in [3.8, 4) is 0 Å². The van der Waals surface area contributed by atoms with Crippen LogP contribution < -0.4 is 0 Å². The van der Waals surface area contributed by atoms with Crippen molar-refractivity contribution in [1.82, 2.24) is 0 Å². The molecule has 190 valence electrons. The summed E-state index contributed by atoms with van der Waals surface area (Å²) in [5.41, 5.74) is -0.159. The molecule has 6 nitrogen and oxygen atoms in total. The van der Waals surface area contributed by atoms with Crippen LogP contribution in [-0.4, -0.2) is 53.4 Å². The topological polar surface area (TPSA) is 86.7 Å². The Morgan fingerprint density at radius 1 is 0.971 bits per heavy atom. The van der Waals surface area contributed by atoms with E-state index < -0.39 is 46.6 Å². The van der Waals surface area contributed by atoms with Crippen molar-refractivity contribution >= 4 is 29.7 Å². The summed E-state index contributed by atoms with van der Waals surface area (Å²) in [6.45, 7) is 13.2. The van der Waals surface area contributed by atoms with Crippen LogP contribution in [0.25, 0.3) is 0 Å². The molecular weight excluding hydrogens is 468 g/mol. The first kappa shape index (κ1) is 27.2. The normalized spacial score (nSPS) is 28.2. The molecule has 2 saturated carbocycles. The quantitative estimate of drug-likeness (QED) is 0.438. The van der Waals surface area contributed by atoms with Crippen molar-refractivity contribution in [3.63, 3.8) is 0 Å². The first-order valence-electron chi connectivity index (χ1n) is 12.4. The Labute approximate surface area is 205 Å². The summed E-state index contributed by atoms with van der Waals surface area (Å²) < 4.78 is 39.5. The predicted molar refractivity (Wildman–Crippen MR) is 135 cm³/mol. The predicted octanol–water partition coefficient (Wildman–Crippen LogP) is 4.97. The lowest BCUT2D eigenvalue weighted by Gasteiger charge is -2.52. The Bertz CT molecular complexity index is 982. The van der Waals surface area contributed by atoms with Gasteiger partial charge in [0, 0.05) is 26.1 Å². The van der Waals surface area contributed by atoms with Gasteiger partial charge in [-0.25, -0.2) is 8.42 Å². The van der Waals surface area contributed by atoms with E-state index >= 15 is 0 Å². The Morgan fingerprint density at radius 2 is 1.53 bits per heavy atom. The van der Waals surface area contributed by atoms with Crippen molar-refractivity contribution in [2.45, 2.75) is 93.7 Å². The van der Waals surface area contributed by atoms with Crippen LogP contribution >= 0.6 is 0 Å². The molecule has 4 atom stereocenters. The van der Waals surface area contributed by atoms with Gasteiger partial charge in [0.25, 0.3) is 0 Å². The molecule has 0 amide bonds. The van der Waals surface area contributed by atoms with Crippen LogP contribution in [0.1, 0.15) is 60.8 Å². The number of carbonyl (C=O) groups excluding carboxylic acids is 2. The van der Waals surface area contributed by atoms with Crippen LogP contribution in [0.15, 0.2) is 35.2 Å². The van der Waals surface area contributed by atoms with E-state index in [1.807, 2.05) is 0 Å². The van der Waals surface area contributed by atoms with Crippen molar-refractivity contribution in [2.75, 3.05) is 13.7 Å². The molecule has 0 spiro atoms. The molecule has 0 N–H and O–H groups in total. The Hall–Kier alpha value is -1.35. The summed E-state index contributed by atoms with van der Waals surface area (Å²) in [5, 5.41) is -1.34. The highest BCUT2D eigenvalue weighted by Gasteiger charge is 2.63. The second kappa shape index (κ2) is 9.95. The lowest BCUT2D eigenvalue weighted by atomic mass is 9.59. The summed E-state index contributed by atoms with van der Waals surface area (Å²) in [4.78, 5) is 27.6. The van der Waals surface area contributed by atoms with Gasteiger partial charge in [-0.1, -0.05) is 59.7 Å². The average Bonchev–Trinajstić information content (AvgIpc) is 2.75. The number of hydrogen-bond acceptors (Lipinski definition) is 6. The van der Waals surface area contributed by atoms with Gasteiger partial charge in [-0.2, -0.15) is 0 Å². The SMILES string of the molecule is COC1CC[C@@H]2C(=O)[C@@]1(CO[Si](C(C)C)(C(C)C)C(C)C)CC(=O)C2S(=O)(=O)c1ccccc1. The summed E-state index contributed by atoms with van der Waals surface area (Å²) in [7, 11) is -4.72. The number of methoxy groups -OCH3 is 1. The van der Waals surface area contributed by atoms with E-state index in [4.69, 9.17) is 9.16 Å². The molecule has 2 aliphatic carbocycles. The highest BCUT2D eigenvalue weighted by atomic mass is 32.2. The van der Waals surface area contributed by atoms with Crippen LogP contribution in [0.5, 0.6) is 0 Å². The minimum absolute atomic E-state index is 0.0876. The molecule has 0 saturated heterocycles. The number of sulfone groups is 1. The molecule has 34 heavy (non-hydrogen) atoms. The maximum absolute atomic E-state index is 14.0. The number of rotatable bonds is 9. The fourth-order valence-electron chi connectivity index (χ4n) is 6.85. The van der Waals surface area contributed by atoms with Crippen LogP contribution in [0.3, 0.4) is 0 Å². The van der Waals surface area contributed by atoms with E-state index in [1.54, 1.807) is 25.3 Å². The summed E-state index contributed by atoms with van der Waals surface area (Å²) in [6.07, 6.45) is 0.238. The van der Waals surface area contributed by atoms with Gasteiger partial charge in [0.15, 0.2) is 23.9 Å². The monoisotopic (exact) mass is 508 g/mol. The summed E-state index contributed by atoms with van der Waals surface area (Å²) in [6, 6.07) is 7.98. The minimum Gasteiger partial charge on any atom is -0.415 e. The third kappa shape index (κ3) is 4.25. The van der Waals surface area contributed by atoms with Crippen LogP contribution in [0.2, 0.25) is 16.6 Å². The maximum Gasteiger partial charge on any atom is 0.200 e. The number of hydrogen-bond donors (Lipinski definition) is 0. The van der Waals surface area contributed by atoms with Crippen molar-refractivity contribution in [3.05, 3.63) is 30.3 Å². The van der Waals surface area contributed by atoms with E-state index in [0.29, 0.717) is 29.5 Å². The number of ketones is 2.